The third-order valence-corrected chi connectivity index (χ3v) is 3.73. The van der Waals surface area contributed by atoms with Gasteiger partial charge in [-0.25, -0.2) is 4.79 Å². The molecule has 0 aliphatic rings. The van der Waals surface area contributed by atoms with Gasteiger partial charge in [0.2, 0.25) is 0 Å². The lowest BCUT2D eigenvalue weighted by molar-refractivity contribution is -0.131. The van der Waals surface area contributed by atoms with Crippen molar-refractivity contribution in [3.63, 3.8) is 0 Å². The van der Waals surface area contributed by atoms with Crippen LogP contribution < -0.4 is 0 Å². The summed E-state index contributed by atoms with van der Waals surface area (Å²) in [4.78, 5) is 10.5. The Bertz CT molecular complexity index is 534. The van der Waals surface area contributed by atoms with Crippen molar-refractivity contribution in [1.29, 1.82) is 0 Å². The minimum Gasteiger partial charge on any atom is -0.478 e. The smallest absolute Gasteiger partial charge is 0.328 e. The van der Waals surface area contributed by atoms with E-state index < -0.39 is 5.97 Å². The fraction of sp³-hybridized carbons (Fsp3) is 0.450. The summed E-state index contributed by atoms with van der Waals surface area (Å²) in [5.74, 6) is -0.919. The van der Waals surface area contributed by atoms with Crippen molar-refractivity contribution in [3.05, 3.63) is 58.7 Å². The van der Waals surface area contributed by atoms with E-state index >= 15 is 0 Å². The van der Waals surface area contributed by atoms with Crippen molar-refractivity contribution in [1.82, 2.24) is 0 Å². The van der Waals surface area contributed by atoms with Crippen LogP contribution in [0.4, 0.5) is 0 Å². The Kier molecular flexibility index (Phi) is 8.47. The molecular weight excluding hydrogens is 272 g/mol. The maximum atomic E-state index is 10.5. The summed E-state index contributed by atoms with van der Waals surface area (Å²) >= 11 is 0. The monoisotopic (exact) mass is 302 g/mol. The molecule has 0 radical (unpaired) electrons. The molecule has 0 aliphatic carbocycles. The molecular formula is C20H30O2. The molecule has 0 unspecified atom stereocenters. The molecule has 0 fully saturated rings. The Balaban J connectivity index is 5.08. The number of carbonyl (C=O) groups is 1. The number of rotatable bonds is 7. The minimum atomic E-state index is -0.919. The number of allylic oxidation sites excluding steroid dienone is 9. The van der Waals surface area contributed by atoms with E-state index in [1.54, 1.807) is 13.0 Å². The lowest BCUT2D eigenvalue weighted by atomic mass is 9.79. The normalized spacial score (nSPS) is 14.0. The summed E-state index contributed by atoms with van der Waals surface area (Å²) in [5.41, 5.74) is 4.73. The summed E-state index contributed by atoms with van der Waals surface area (Å²) in [6.07, 6.45) is 12.3. The molecule has 0 spiro atoms. The van der Waals surface area contributed by atoms with E-state index in [1.165, 1.54) is 17.2 Å². The Labute approximate surface area is 135 Å². The van der Waals surface area contributed by atoms with Gasteiger partial charge in [0.25, 0.3) is 0 Å². The zero-order chi connectivity index (χ0) is 17.3. The van der Waals surface area contributed by atoms with Gasteiger partial charge >= 0.3 is 5.97 Å². The zero-order valence-electron chi connectivity index (χ0n) is 15.0. The molecule has 0 saturated carbocycles. The highest BCUT2D eigenvalue weighted by Gasteiger charge is 2.19. The van der Waals surface area contributed by atoms with Crippen LogP contribution >= 0.6 is 0 Å². The van der Waals surface area contributed by atoms with E-state index in [4.69, 9.17) is 5.11 Å². The van der Waals surface area contributed by atoms with Gasteiger partial charge in [0.1, 0.15) is 0 Å². The summed E-state index contributed by atoms with van der Waals surface area (Å²) in [6, 6.07) is 0. The number of hydrogen-bond acceptors (Lipinski definition) is 1. The first kappa shape index (κ1) is 20.2. The zero-order valence-corrected chi connectivity index (χ0v) is 15.0. The average Bonchev–Trinajstić information content (AvgIpc) is 2.37. The summed E-state index contributed by atoms with van der Waals surface area (Å²) in [7, 11) is 0. The molecule has 0 bridgehead atoms. The van der Waals surface area contributed by atoms with Gasteiger partial charge in [-0.15, -0.1) is 0 Å². The molecule has 0 aromatic carbocycles. The van der Waals surface area contributed by atoms with E-state index in [1.807, 2.05) is 19.1 Å². The van der Waals surface area contributed by atoms with Crippen LogP contribution in [-0.2, 0) is 4.79 Å². The Morgan fingerprint density at radius 3 is 2.05 bits per heavy atom. The third-order valence-electron chi connectivity index (χ3n) is 3.73. The van der Waals surface area contributed by atoms with Gasteiger partial charge in [0, 0.05) is 6.08 Å². The molecule has 0 amide bonds. The fourth-order valence-corrected chi connectivity index (χ4v) is 2.12. The Morgan fingerprint density at radius 1 is 1.00 bits per heavy atom. The van der Waals surface area contributed by atoms with Crippen LogP contribution in [0.25, 0.3) is 0 Å². The number of hydrogen-bond donors (Lipinski definition) is 1. The topological polar surface area (TPSA) is 37.3 Å². The van der Waals surface area contributed by atoms with Crippen LogP contribution in [0, 0.1) is 5.41 Å². The highest BCUT2D eigenvalue weighted by molar-refractivity contribution is 5.81. The van der Waals surface area contributed by atoms with Gasteiger partial charge in [-0.2, -0.15) is 0 Å². The molecule has 0 rings (SSSR count). The van der Waals surface area contributed by atoms with E-state index in [2.05, 4.69) is 46.8 Å². The molecule has 0 heterocycles. The second kappa shape index (κ2) is 9.24. The summed E-state index contributed by atoms with van der Waals surface area (Å²) in [5, 5.41) is 8.65. The molecule has 122 valence electrons. The number of carboxylic acids is 1. The van der Waals surface area contributed by atoms with Crippen molar-refractivity contribution < 1.29 is 9.90 Å². The highest BCUT2D eigenvalue weighted by atomic mass is 16.4. The average molecular weight is 302 g/mol. The van der Waals surface area contributed by atoms with E-state index in [9.17, 15) is 4.79 Å². The van der Waals surface area contributed by atoms with Gasteiger partial charge < -0.3 is 5.11 Å². The van der Waals surface area contributed by atoms with Crippen LogP contribution in [0.2, 0.25) is 0 Å². The molecule has 0 atom stereocenters. The van der Waals surface area contributed by atoms with Crippen molar-refractivity contribution >= 4 is 5.97 Å². The van der Waals surface area contributed by atoms with E-state index in [-0.39, 0.29) is 5.41 Å². The molecule has 0 aromatic heterocycles. The van der Waals surface area contributed by atoms with Crippen molar-refractivity contribution in [2.75, 3.05) is 0 Å². The lowest BCUT2D eigenvalue weighted by Gasteiger charge is -2.26. The predicted molar refractivity (Wildman–Crippen MR) is 95.9 cm³/mol. The third kappa shape index (κ3) is 7.82. The van der Waals surface area contributed by atoms with Crippen molar-refractivity contribution in [2.45, 2.75) is 54.9 Å². The quantitative estimate of drug-likeness (QED) is 0.473. The van der Waals surface area contributed by atoms with Crippen molar-refractivity contribution in [2.24, 2.45) is 5.41 Å². The molecule has 1 N–H and O–H groups in total. The molecule has 0 saturated heterocycles. The molecule has 22 heavy (non-hydrogen) atoms. The first-order chi connectivity index (χ1) is 10.1. The Morgan fingerprint density at radius 2 is 1.59 bits per heavy atom. The van der Waals surface area contributed by atoms with E-state index in [0.717, 1.165) is 17.6 Å². The van der Waals surface area contributed by atoms with Gasteiger partial charge in [-0.05, 0) is 50.7 Å². The fourth-order valence-electron chi connectivity index (χ4n) is 2.12. The van der Waals surface area contributed by atoms with Crippen LogP contribution in [0.15, 0.2) is 58.7 Å². The molecule has 2 nitrogen and oxygen atoms in total. The molecule has 0 aliphatic heterocycles. The van der Waals surface area contributed by atoms with Crippen LogP contribution in [0.3, 0.4) is 0 Å². The summed E-state index contributed by atoms with van der Waals surface area (Å²) in [6.45, 7) is 14.8. The van der Waals surface area contributed by atoms with Crippen LogP contribution in [-0.4, -0.2) is 11.1 Å². The predicted octanol–water partition coefficient (Wildman–Crippen LogP) is 5.85. The maximum absolute atomic E-state index is 10.5. The SMILES string of the molecule is CCC(C)(C)C(C=CC(C)=CC=CC(C)=CC(=O)O)=C(C)C. The minimum absolute atomic E-state index is 0.173. The highest BCUT2D eigenvalue weighted by Crippen LogP contribution is 2.33. The van der Waals surface area contributed by atoms with Gasteiger partial charge in [-0.3, -0.25) is 0 Å². The first-order valence-electron chi connectivity index (χ1n) is 7.72. The van der Waals surface area contributed by atoms with Gasteiger partial charge in [0.05, 0.1) is 0 Å². The van der Waals surface area contributed by atoms with Gasteiger partial charge in [-0.1, -0.05) is 62.3 Å². The Hall–Kier alpha value is -1.83. The van der Waals surface area contributed by atoms with E-state index in [0.29, 0.717) is 0 Å². The van der Waals surface area contributed by atoms with Crippen LogP contribution in [0.5, 0.6) is 0 Å². The second-order valence-electron chi connectivity index (χ2n) is 6.48. The van der Waals surface area contributed by atoms with Crippen LogP contribution in [0.1, 0.15) is 54.9 Å². The number of aliphatic carboxylic acids is 1. The summed E-state index contributed by atoms with van der Waals surface area (Å²) < 4.78 is 0. The molecule has 2 heteroatoms. The largest absolute Gasteiger partial charge is 0.478 e. The number of carboxylic acid groups (broad SMARTS) is 1. The van der Waals surface area contributed by atoms with Gasteiger partial charge in [0.15, 0.2) is 0 Å². The second-order valence-corrected chi connectivity index (χ2v) is 6.48. The standard InChI is InChI=1S/C20H30O2/c1-8-20(6,7)18(15(2)3)13-12-16(4)10-9-11-17(5)14-19(21)22/h9-14H,8H2,1-7H3,(H,21,22). The lowest BCUT2D eigenvalue weighted by Crippen LogP contribution is -2.13. The van der Waals surface area contributed by atoms with Crippen molar-refractivity contribution in [3.8, 4) is 0 Å². The first-order valence-corrected chi connectivity index (χ1v) is 7.72. The maximum Gasteiger partial charge on any atom is 0.328 e. The molecule has 0 aromatic rings.